The second kappa shape index (κ2) is 5.17. The van der Waals surface area contributed by atoms with Crippen LogP contribution in [0.15, 0.2) is 18.2 Å². The van der Waals surface area contributed by atoms with Crippen molar-refractivity contribution in [1.82, 2.24) is 0 Å². The maximum Gasteiger partial charge on any atom is 0.338 e. The summed E-state index contributed by atoms with van der Waals surface area (Å²) in [6.07, 6.45) is 4.65. The molecule has 4 heteroatoms. The number of anilines is 1. The van der Waals surface area contributed by atoms with Crippen molar-refractivity contribution in [3.8, 4) is 0 Å². The summed E-state index contributed by atoms with van der Waals surface area (Å²) in [6, 6.07) is 4.33. The highest BCUT2D eigenvalue weighted by molar-refractivity contribution is 5.89. The maximum atomic E-state index is 13.3. The summed E-state index contributed by atoms with van der Waals surface area (Å²) >= 11 is 0. The lowest BCUT2D eigenvalue weighted by Crippen LogP contribution is -2.24. The molecule has 1 fully saturated rings. The van der Waals surface area contributed by atoms with Crippen LogP contribution in [-0.4, -0.2) is 24.2 Å². The van der Waals surface area contributed by atoms with Crippen molar-refractivity contribution in [1.29, 1.82) is 0 Å². The van der Waals surface area contributed by atoms with Gasteiger partial charge in [-0.2, -0.15) is 0 Å². The molecule has 0 aromatic heterocycles. The van der Waals surface area contributed by atoms with Crippen LogP contribution in [0.3, 0.4) is 0 Å². The molecule has 0 radical (unpaired) electrons. The van der Waals surface area contributed by atoms with E-state index in [-0.39, 0.29) is 5.56 Å². The number of carbonyl (C=O) groups is 1. The van der Waals surface area contributed by atoms with Crippen LogP contribution >= 0.6 is 0 Å². The van der Waals surface area contributed by atoms with E-state index < -0.39 is 11.8 Å². The average molecular weight is 237 g/mol. The van der Waals surface area contributed by atoms with Gasteiger partial charge >= 0.3 is 5.97 Å². The third-order valence-corrected chi connectivity index (χ3v) is 3.15. The number of aromatic carboxylic acids is 1. The molecule has 0 saturated carbocycles. The molecule has 0 amide bonds. The monoisotopic (exact) mass is 237 g/mol. The van der Waals surface area contributed by atoms with Gasteiger partial charge in [-0.05, 0) is 31.0 Å². The minimum Gasteiger partial charge on any atom is -0.478 e. The largest absolute Gasteiger partial charge is 0.478 e. The van der Waals surface area contributed by atoms with E-state index in [9.17, 15) is 9.18 Å². The number of rotatable bonds is 2. The van der Waals surface area contributed by atoms with Gasteiger partial charge in [0.15, 0.2) is 0 Å². The fraction of sp³-hybridized carbons (Fsp3) is 0.462. The zero-order valence-corrected chi connectivity index (χ0v) is 9.66. The molecule has 1 N–H and O–H groups in total. The maximum absolute atomic E-state index is 13.3. The van der Waals surface area contributed by atoms with Gasteiger partial charge < -0.3 is 10.0 Å². The van der Waals surface area contributed by atoms with Crippen molar-refractivity contribution in [2.75, 3.05) is 18.0 Å². The molecule has 0 atom stereocenters. The van der Waals surface area contributed by atoms with Crippen molar-refractivity contribution in [3.63, 3.8) is 0 Å². The van der Waals surface area contributed by atoms with E-state index in [1.807, 2.05) is 0 Å². The molecule has 1 heterocycles. The van der Waals surface area contributed by atoms with Crippen LogP contribution in [-0.2, 0) is 0 Å². The Kier molecular flexibility index (Phi) is 3.61. The summed E-state index contributed by atoms with van der Waals surface area (Å²) in [4.78, 5) is 13.0. The second-order valence-corrected chi connectivity index (χ2v) is 4.37. The van der Waals surface area contributed by atoms with Crippen LogP contribution in [0.2, 0.25) is 0 Å². The molecule has 1 aromatic rings. The van der Waals surface area contributed by atoms with Gasteiger partial charge in [0.1, 0.15) is 5.82 Å². The van der Waals surface area contributed by atoms with Gasteiger partial charge in [0.05, 0.1) is 5.56 Å². The Morgan fingerprint density at radius 3 is 2.41 bits per heavy atom. The lowest BCUT2D eigenvalue weighted by atomic mass is 10.1. The van der Waals surface area contributed by atoms with Gasteiger partial charge in [-0.1, -0.05) is 12.8 Å². The molecular formula is C13H16FNO2. The van der Waals surface area contributed by atoms with Crippen molar-refractivity contribution < 1.29 is 14.3 Å². The van der Waals surface area contributed by atoms with E-state index in [2.05, 4.69) is 4.90 Å². The molecule has 0 spiro atoms. The van der Waals surface area contributed by atoms with Gasteiger partial charge in [-0.15, -0.1) is 0 Å². The van der Waals surface area contributed by atoms with Crippen LogP contribution in [0.25, 0.3) is 0 Å². The second-order valence-electron chi connectivity index (χ2n) is 4.37. The van der Waals surface area contributed by atoms with Crippen LogP contribution in [0.4, 0.5) is 10.1 Å². The molecule has 1 saturated heterocycles. The van der Waals surface area contributed by atoms with Crippen molar-refractivity contribution >= 4 is 11.7 Å². The lowest BCUT2D eigenvalue weighted by molar-refractivity contribution is 0.0692. The summed E-state index contributed by atoms with van der Waals surface area (Å²) in [5.41, 5.74) is 0.567. The Hall–Kier alpha value is -1.58. The predicted molar refractivity (Wildman–Crippen MR) is 64.0 cm³/mol. The summed E-state index contributed by atoms with van der Waals surface area (Å²) < 4.78 is 13.3. The highest BCUT2D eigenvalue weighted by Gasteiger charge is 2.15. The SMILES string of the molecule is O=C(O)c1cc(N2CCCCCC2)ccc1F. The van der Waals surface area contributed by atoms with Crippen LogP contribution < -0.4 is 4.90 Å². The summed E-state index contributed by atoms with van der Waals surface area (Å²) in [6.45, 7) is 1.84. The van der Waals surface area contributed by atoms with E-state index in [0.717, 1.165) is 31.6 Å². The zero-order valence-electron chi connectivity index (χ0n) is 9.66. The molecular weight excluding hydrogens is 221 g/mol. The Labute approximate surface area is 99.9 Å². The van der Waals surface area contributed by atoms with Crippen LogP contribution in [0, 0.1) is 5.82 Å². The smallest absolute Gasteiger partial charge is 0.338 e. The Morgan fingerprint density at radius 2 is 1.82 bits per heavy atom. The number of hydrogen-bond acceptors (Lipinski definition) is 2. The molecule has 0 unspecified atom stereocenters. The molecule has 0 bridgehead atoms. The third-order valence-electron chi connectivity index (χ3n) is 3.15. The van der Waals surface area contributed by atoms with Gasteiger partial charge in [-0.25, -0.2) is 9.18 Å². The van der Waals surface area contributed by atoms with Gasteiger partial charge in [0.25, 0.3) is 0 Å². The standard InChI is InChI=1S/C13H16FNO2/c14-12-6-5-10(9-11(12)13(16)17)15-7-3-1-2-4-8-15/h5-6,9H,1-4,7-8H2,(H,16,17). The Balaban J connectivity index is 2.25. The summed E-state index contributed by atoms with van der Waals surface area (Å²) in [7, 11) is 0. The first kappa shape index (κ1) is 11.9. The number of halogens is 1. The molecule has 1 aliphatic heterocycles. The molecule has 0 aliphatic carbocycles. The van der Waals surface area contributed by atoms with Crippen molar-refractivity contribution in [2.24, 2.45) is 0 Å². The normalized spacial score (nSPS) is 16.6. The molecule has 17 heavy (non-hydrogen) atoms. The van der Waals surface area contributed by atoms with E-state index in [4.69, 9.17) is 5.11 Å². The first-order chi connectivity index (χ1) is 8.18. The summed E-state index contributed by atoms with van der Waals surface area (Å²) in [5, 5.41) is 8.89. The van der Waals surface area contributed by atoms with Crippen molar-refractivity contribution in [2.45, 2.75) is 25.7 Å². The predicted octanol–water partition coefficient (Wildman–Crippen LogP) is 2.90. The quantitative estimate of drug-likeness (QED) is 0.859. The van der Waals surface area contributed by atoms with Gasteiger partial charge in [0.2, 0.25) is 0 Å². The first-order valence-electron chi connectivity index (χ1n) is 5.96. The van der Waals surface area contributed by atoms with Gasteiger partial charge in [-0.3, -0.25) is 0 Å². The highest BCUT2D eigenvalue weighted by Crippen LogP contribution is 2.22. The minimum atomic E-state index is -1.21. The lowest BCUT2D eigenvalue weighted by Gasteiger charge is -2.22. The molecule has 3 nitrogen and oxygen atoms in total. The van der Waals surface area contributed by atoms with E-state index in [1.165, 1.54) is 25.0 Å². The number of benzene rings is 1. The van der Waals surface area contributed by atoms with Gasteiger partial charge in [0, 0.05) is 18.8 Å². The zero-order chi connectivity index (χ0) is 12.3. The molecule has 2 rings (SSSR count). The molecule has 92 valence electrons. The van der Waals surface area contributed by atoms with E-state index >= 15 is 0 Å². The fourth-order valence-corrected chi connectivity index (χ4v) is 2.20. The Bertz CT molecular complexity index is 412. The number of carboxylic acids is 1. The average Bonchev–Trinajstić information content (AvgIpc) is 2.58. The van der Waals surface area contributed by atoms with Crippen LogP contribution in [0.1, 0.15) is 36.0 Å². The minimum absolute atomic E-state index is 0.244. The number of carboxylic acid groups (broad SMARTS) is 1. The van der Waals surface area contributed by atoms with E-state index in [0.29, 0.717) is 0 Å². The molecule has 1 aromatic carbocycles. The van der Waals surface area contributed by atoms with E-state index in [1.54, 1.807) is 6.07 Å². The Morgan fingerprint density at radius 1 is 1.18 bits per heavy atom. The topological polar surface area (TPSA) is 40.5 Å². The van der Waals surface area contributed by atoms with Crippen LogP contribution in [0.5, 0.6) is 0 Å². The third kappa shape index (κ3) is 2.75. The number of hydrogen-bond donors (Lipinski definition) is 1. The fourth-order valence-electron chi connectivity index (χ4n) is 2.20. The molecule has 1 aliphatic rings. The van der Waals surface area contributed by atoms with Crippen molar-refractivity contribution in [3.05, 3.63) is 29.6 Å². The summed E-state index contributed by atoms with van der Waals surface area (Å²) in [5.74, 6) is -1.88. The number of nitrogens with zero attached hydrogens (tertiary/aromatic N) is 1. The first-order valence-corrected chi connectivity index (χ1v) is 5.96. The highest BCUT2D eigenvalue weighted by atomic mass is 19.1.